The molecular weight excluding hydrogens is 528 g/mol. The van der Waals surface area contributed by atoms with Crippen molar-refractivity contribution in [2.24, 2.45) is 0 Å². The smallest absolute Gasteiger partial charge is 0.237 e. The van der Waals surface area contributed by atoms with Crippen LogP contribution in [0.3, 0.4) is 0 Å². The maximum Gasteiger partial charge on any atom is 0.237 e. The van der Waals surface area contributed by atoms with E-state index in [9.17, 15) is 13.6 Å². The summed E-state index contributed by atoms with van der Waals surface area (Å²) < 4.78 is 43.9. The lowest BCUT2D eigenvalue weighted by Gasteiger charge is -2.36. The van der Waals surface area contributed by atoms with Gasteiger partial charge in [0.2, 0.25) is 11.7 Å². The summed E-state index contributed by atoms with van der Waals surface area (Å²) in [6, 6.07) is 16.2. The topological polar surface area (TPSA) is 54.5 Å². The molecule has 2 fully saturated rings. The molecule has 41 heavy (non-hydrogen) atoms. The normalized spacial score (nSPS) is 17.6. The molecular formula is C32H37F2N3O4. The van der Waals surface area contributed by atoms with Gasteiger partial charge in [-0.15, -0.1) is 0 Å². The molecule has 0 aliphatic carbocycles. The van der Waals surface area contributed by atoms with E-state index in [1.54, 1.807) is 45.6 Å². The molecule has 2 heterocycles. The third-order valence-electron chi connectivity index (χ3n) is 8.36. The third kappa shape index (κ3) is 5.87. The Hall–Kier alpha value is -3.69. The monoisotopic (exact) mass is 565 g/mol. The largest absolute Gasteiger partial charge is 0.493 e. The zero-order valence-electron chi connectivity index (χ0n) is 23.9. The number of ether oxygens (including phenoxy) is 3. The van der Waals surface area contributed by atoms with Gasteiger partial charge in [-0.05, 0) is 59.5 Å². The SMILES string of the molecule is COc1cc(CN2CCN(CCN3CCC(c4ccc(F)cc4)(c4ccc(F)cc4)C3=O)CC2)cc(OC)c1OC. The number of piperazine rings is 1. The van der Waals surface area contributed by atoms with E-state index in [1.807, 2.05) is 17.0 Å². The quantitative estimate of drug-likeness (QED) is 0.365. The molecule has 0 spiro atoms. The highest BCUT2D eigenvalue weighted by atomic mass is 19.1. The predicted octanol–water partition coefficient (Wildman–Crippen LogP) is 4.33. The fraction of sp³-hybridized carbons (Fsp3) is 0.406. The van der Waals surface area contributed by atoms with Crippen LogP contribution >= 0.6 is 0 Å². The van der Waals surface area contributed by atoms with E-state index in [0.717, 1.165) is 56.0 Å². The van der Waals surface area contributed by atoms with E-state index in [4.69, 9.17) is 14.2 Å². The van der Waals surface area contributed by atoms with Crippen LogP contribution < -0.4 is 14.2 Å². The number of hydrogen-bond acceptors (Lipinski definition) is 6. The Morgan fingerprint density at radius 3 is 1.71 bits per heavy atom. The Labute approximate surface area is 240 Å². The van der Waals surface area contributed by atoms with Crippen molar-refractivity contribution in [3.8, 4) is 17.2 Å². The molecule has 0 N–H and O–H groups in total. The van der Waals surface area contributed by atoms with Gasteiger partial charge in [0.25, 0.3) is 0 Å². The maximum atomic E-state index is 14.0. The number of benzene rings is 3. The highest BCUT2D eigenvalue weighted by Gasteiger charge is 2.49. The molecule has 3 aromatic rings. The fourth-order valence-corrected chi connectivity index (χ4v) is 6.08. The molecule has 2 saturated heterocycles. The van der Waals surface area contributed by atoms with E-state index in [-0.39, 0.29) is 17.5 Å². The highest BCUT2D eigenvalue weighted by molar-refractivity contribution is 5.94. The number of halogens is 2. The maximum absolute atomic E-state index is 14.0. The second-order valence-electron chi connectivity index (χ2n) is 10.6. The van der Waals surface area contributed by atoms with Crippen LogP contribution in [0.1, 0.15) is 23.1 Å². The van der Waals surface area contributed by atoms with Gasteiger partial charge in [-0.2, -0.15) is 0 Å². The molecule has 0 radical (unpaired) electrons. The van der Waals surface area contributed by atoms with Gasteiger partial charge in [-0.25, -0.2) is 8.78 Å². The number of methoxy groups -OCH3 is 3. The minimum absolute atomic E-state index is 0.0169. The first-order chi connectivity index (χ1) is 19.9. The average Bonchev–Trinajstić information content (AvgIpc) is 3.33. The summed E-state index contributed by atoms with van der Waals surface area (Å²) in [7, 11) is 4.84. The van der Waals surface area contributed by atoms with Crippen LogP contribution in [0.5, 0.6) is 17.2 Å². The Bertz CT molecular complexity index is 1270. The lowest BCUT2D eigenvalue weighted by atomic mass is 9.73. The molecule has 5 rings (SSSR count). The molecule has 9 heteroatoms. The number of rotatable bonds is 10. The minimum atomic E-state index is -0.944. The molecule has 218 valence electrons. The third-order valence-corrected chi connectivity index (χ3v) is 8.36. The Morgan fingerprint density at radius 1 is 0.707 bits per heavy atom. The van der Waals surface area contributed by atoms with Crippen LogP contribution in [0.15, 0.2) is 60.7 Å². The lowest BCUT2D eigenvalue weighted by molar-refractivity contribution is -0.131. The van der Waals surface area contributed by atoms with Gasteiger partial charge in [0.05, 0.1) is 21.3 Å². The Morgan fingerprint density at radius 2 is 1.22 bits per heavy atom. The van der Waals surface area contributed by atoms with E-state index in [1.165, 1.54) is 24.3 Å². The number of nitrogens with zero attached hydrogens (tertiary/aromatic N) is 3. The zero-order chi connectivity index (χ0) is 29.0. The second-order valence-corrected chi connectivity index (χ2v) is 10.6. The molecule has 0 bridgehead atoms. The molecule has 2 aliphatic rings. The van der Waals surface area contributed by atoms with Crippen molar-refractivity contribution in [2.45, 2.75) is 18.4 Å². The van der Waals surface area contributed by atoms with E-state index < -0.39 is 5.41 Å². The summed E-state index contributed by atoms with van der Waals surface area (Å²) in [5, 5.41) is 0. The fourth-order valence-electron chi connectivity index (χ4n) is 6.08. The predicted molar refractivity (Wildman–Crippen MR) is 153 cm³/mol. The number of hydrogen-bond donors (Lipinski definition) is 0. The highest BCUT2D eigenvalue weighted by Crippen LogP contribution is 2.42. The first kappa shape index (κ1) is 28.8. The van der Waals surface area contributed by atoms with Crippen molar-refractivity contribution >= 4 is 5.91 Å². The van der Waals surface area contributed by atoms with Gasteiger partial charge < -0.3 is 19.1 Å². The van der Waals surface area contributed by atoms with Crippen LogP contribution in [-0.2, 0) is 16.8 Å². The van der Waals surface area contributed by atoms with Crippen molar-refractivity contribution in [3.05, 3.63) is 89.0 Å². The molecule has 1 amide bonds. The first-order valence-corrected chi connectivity index (χ1v) is 13.9. The summed E-state index contributed by atoms with van der Waals surface area (Å²) in [6.07, 6.45) is 0.561. The van der Waals surface area contributed by atoms with Crippen molar-refractivity contribution in [3.63, 3.8) is 0 Å². The van der Waals surface area contributed by atoms with Gasteiger partial charge in [0.15, 0.2) is 11.5 Å². The number of likely N-dealkylation sites (tertiary alicyclic amines) is 1. The van der Waals surface area contributed by atoms with Crippen LogP contribution in [0, 0.1) is 11.6 Å². The van der Waals surface area contributed by atoms with Crippen molar-refractivity contribution in [1.82, 2.24) is 14.7 Å². The van der Waals surface area contributed by atoms with Crippen LogP contribution in [-0.4, -0.2) is 87.7 Å². The van der Waals surface area contributed by atoms with Crippen LogP contribution in [0.25, 0.3) is 0 Å². The zero-order valence-corrected chi connectivity index (χ0v) is 23.9. The molecule has 7 nitrogen and oxygen atoms in total. The standard InChI is InChI=1S/C32H37F2N3O4/c1-39-28-20-23(21-29(40-2)30(28)41-3)22-36-16-14-35(15-17-36)18-19-37-13-12-32(31(37)38,24-4-8-26(33)9-5-24)25-6-10-27(34)11-7-25/h4-11,20-21H,12-19,22H2,1-3H3. The van der Waals surface area contributed by atoms with Crippen molar-refractivity contribution in [2.75, 3.05) is 67.1 Å². The van der Waals surface area contributed by atoms with Gasteiger partial charge in [0, 0.05) is 52.4 Å². The molecule has 0 unspecified atom stereocenters. The number of amides is 1. The van der Waals surface area contributed by atoms with Crippen LogP contribution in [0.2, 0.25) is 0 Å². The Balaban J connectivity index is 1.20. The van der Waals surface area contributed by atoms with Gasteiger partial charge in [0.1, 0.15) is 17.0 Å². The van der Waals surface area contributed by atoms with Gasteiger partial charge in [-0.1, -0.05) is 24.3 Å². The molecule has 0 aromatic heterocycles. The lowest BCUT2D eigenvalue weighted by Crippen LogP contribution is -2.48. The summed E-state index contributed by atoms with van der Waals surface area (Å²) in [4.78, 5) is 20.6. The minimum Gasteiger partial charge on any atom is -0.493 e. The Kier molecular flexibility index (Phi) is 8.75. The average molecular weight is 566 g/mol. The summed E-state index contributed by atoms with van der Waals surface area (Å²) in [5.74, 6) is 1.16. The number of carbonyl (C=O) groups is 1. The summed E-state index contributed by atoms with van der Waals surface area (Å²) in [5.41, 5.74) is 1.62. The summed E-state index contributed by atoms with van der Waals surface area (Å²) >= 11 is 0. The van der Waals surface area contributed by atoms with Crippen molar-refractivity contribution < 1.29 is 27.8 Å². The van der Waals surface area contributed by atoms with Crippen LogP contribution in [0.4, 0.5) is 8.78 Å². The molecule has 2 aliphatic heterocycles. The second kappa shape index (κ2) is 12.4. The summed E-state index contributed by atoms with van der Waals surface area (Å²) in [6.45, 7) is 6.34. The first-order valence-electron chi connectivity index (χ1n) is 13.9. The van der Waals surface area contributed by atoms with Gasteiger partial charge >= 0.3 is 0 Å². The van der Waals surface area contributed by atoms with E-state index in [2.05, 4.69) is 9.80 Å². The van der Waals surface area contributed by atoms with E-state index >= 15 is 0 Å². The van der Waals surface area contributed by atoms with Crippen molar-refractivity contribution in [1.29, 1.82) is 0 Å². The van der Waals surface area contributed by atoms with E-state index in [0.29, 0.717) is 36.8 Å². The molecule has 0 atom stereocenters. The molecule has 3 aromatic carbocycles. The number of carbonyl (C=O) groups excluding carboxylic acids is 1. The van der Waals surface area contributed by atoms with Gasteiger partial charge in [-0.3, -0.25) is 14.6 Å². The molecule has 0 saturated carbocycles.